The van der Waals surface area contributed by atoms with E-state index in [1.165, 1.54) is 0 Å². The smallest absolute Gasteiger partial charge is 0.216 e. The average Bonchev–Trinajstić information content (AvgIpc) is 2.05. The molecule has 0 aliphatic carbocycles. The molecule has 1 N–H and O–H groups in total. The summed E-state index contributed by atoms with van der Waals surface area (Å²) in [5, 5.41) is 7.73. The molecule has 0 amide bonds. The van der Waals surface area contributed by atoms with Crippen molar-refractivity contribution in [2.24, 2.45) is 0 Å². The van der Waals surface area contributed by atoms with Gasteiger partial charge in [0, 0.05) is 6.20 Å². The zero-order chi connectivity index (χ0) is 8.97. The van der Waals surface area contributed by atoms with E-state index < -0.39 is 0 Å². The lowest BCUT2D eigenvalue weighted by molar-refractivity contribution is 0.325. The second-order valence-electron chi connectivity index (χ2n) is 2.10. The van der Waals surface area contributed by atoms with Gasteiger partial charge in [-0.05, 0) is 19.1 Å². The van der Waals surface area contributed by atoms with E-state index >= 15 is 0 Å². The number of nitrogens with one attached hydrogen (secondary N) is 1. The molecule has 64 valence electrons. The van der Waals surface area contributed by atoms with Gasteiger partial charge in [-0.2, -0.15) is 0 Å². The number of aromatic nitrogens is 1. The fraction of sp³-hybridized carbons (Fsp3) is 0.250. The van der Waals surface area contributed by atoms with Crippen LogP contribution in [0.25, 0.3) is 0 Å². The normalized spacial score (nSPS) is 9.50. The Labute approximate surface area is 75.8 Å². The molecule has 0 unspecified atom stereocenters. The summed E-state index contributed by atoms with van der Waals surface area (Å²) in [6.45, 7) is 2.28. The van der Waals surface area contributed by atoms with E-state index in [1.807, 2.05) is 6.92 Å². The predicted octanol–water partition coefficient (Wildman–Crippen LogP) is 2.10. The van der Waals surface area contributed by atoms with Crippen LogP contribution in [0.1, 0.15) is 12.5 Å². The summed E-state index contributed by atoms with van der Waals surface area (Å²) in [5.41, 5.74) is 0.529. The molecule has 0 atom stereocenters. The molecule has 0 aliphatic heterocycles. The fourth-order valence-electron chi connectivity index (χ4n) is 0.777. The maximum Gasteiger partial charge on any atom is 0.216 e. The molecule has 0 spiro atoms. The summed E-state index contributed by atoms with van der Waals surface area (Å²) in [5.74, 6) is 0.0654. The summed E-state index contributed by atoms with van der Waals surface area (Å²) < 4.78 is 4.97. The molecule has 0 radical (unpaired) electrons. The molecule has 0 aliphatic rings. The van der Waals surface area contributed by atoms with Gasteiger partial charge in [0.2, 0.25) is 5.90 Å². The van der Waals surface area contributed by atoms with Crippen LogP contribution in [0.5, 0.6) is 0 Å². The fourth-order valence-corrected chi connectivity index (χ4v) is 0.983. The van der Waals surface area contributed by atoms with Gasteiger partial charge >= 0.3 is 0 Å². The van der Waals surface area contributed by atoms with Crippen LogP contribution < -0.4 is 0 Å². The van der Waals surface area contributed by atoms with Crippen molar-refractivity contribution in [3.05, 3.63) is 29.0 Å². The van der Waals surface area contributed by atoms with E-state index in [2.05, 4.69) is 4.98 Å². The van der Waals surface area contributed by atoms with Gasteiger partial charge < -0.3 is 4.74 Å². The standard InChI is InChI=1S/C8H9ClN2O/c1-2-12-8(10)6-4-3-5-11-7(6)9/h3-5,10H,2H2,1H3. The first-order chi connectivity index (χ1) is 5.75. The molecule has 0 saturated heterocycles. The number of pyridine rings is 1. The summed E-state index contributed by atoms with van der Waals surface area (Å²) >= 11 is 5.72. The first-order valence-electron chi connectivity index (χ1n) is 3.58. The third-order valence-corrected chi connectivity index (χ3v) is 1.59. The van der Waals surface area contributed by atoms with Crippen molar-refractivity contribution < 1.29 is 4.74 Å². The quantitative estimate of drug-likeness (QED) is 0.435. The molecular weight excluding hydrogens is 176 g/mol. The van der Waals surface area contributed by atoms with Gasteiger partial charge in [0.1, 0.15) is 5.15 Å². The van der Waals surface area contributed by atoms with Crippen molar-refractivity contribution in [2.45, 2.75) is 6.92 Å². The summed E-state index contributed by atoms with van der Waals surface area (Å²) in [6.07, 6.45) is 1.57. The summed E-state index contributed by atoms with van der Waals surface area (Å²) in [6, 6.07) is 3.42. The van der Waals surface area contributed by atoms with Gasteiger partial charge in [0.15, 0.2) is 0 Å². The molecule has 1 heterocycles. The van der Waals surface area contributed by atoms with Gasteiger partial charge in [-0.15, -0.1) is 0 Å². The minimum Gasteiger partial charge on any atom is -0.478 e. The van der Waals surface area contributed by atoms with Crippen molar-refractivity contribution >= 4 is 17.5 Å². The minimum atomic E-state index is 0.0654. The zero-order valence-corrected chi connectivity index (χ0v) is 7.43. The van der Waals surface area contributed by atoms with Crippen molar-refractivity contribution in [1.82, 2.24) is 4.98 Å². The number of hydrogen-bond acceptors (Lipinski definition) is 3. The third-order valence-electron chi connectivity index (χ3n) is 1.29. The second-order valence-corrected chi connectivity index (χ2v) is 2.46. The monoisotopic (exact) mass is 184 g/mol. The van der Waals surface area contributed by atoms with E-state index in [0.717, 1.165) is 0 Å². The summed E-state index contributed by atoms with van der Waals surface area (Å²) in [4.78, 5) is 3.83. The largest absolute Gasteiger partial charge is 0.478 e. The van der Waals surface area contributed by atoms with Gasteiger partial charge in [0.25, 0.3) is 0 Å². The molecule has 1 aromatic rings. The molecule has 1 rings (SSSR count). The Balaban J connectivity index is 2.87. The summed E-state index contributed by atoms with van der Waals surface area (Å²) in [7, 11) is 0. The van der Waals surface area contributed by atoms with Crippen LogP contribution in [0.15, 0.2) is 18.3 Å². The molecule has 0 bridgehead atoms. The van der Waals surface area contributed by atoms with Gasteiger partial charge in [-0.1, -0.05) is 11.6 Å². The Morgan fingerprint density at radius 3 is 3.08 bits per heavy atom. The Kier molecular flexibility index (Phi) is 3.05. The van der Waals surface area contributed by atoms with E-state index in [0.29, 0.717) is 17.3 Å². The van der Waals surface area contributed by atoms with E-state index in [-0.39, 0.29) is 5.90 Å². The maximum atomic E-state index is 7.42. The van der Waals surface area contributed by atoms with Crippen LogP contribution in [0, 0.1) is 5.41 Å². The lowest BCUT2D eigenvalue weighted by Crippen LogP contribution is -2.05. The molecular formula is C8H9ClN2O. The highest BCUT2D eigenvalue weighted by Crippen LogP contribution is 2.12. The zero-order valence-electron chi connectivity index (χ0n) is 6.67. The van der Waals surface area contributed by atoms with Crippen LogP contribution in [0.2, 0.25) is 5.15 Å². The maximum absolute atomic E-state index is 7.42. The van der Waals surface area contributed by atoms with Crippen LogP contribution in [-0.2, 0) is 4.74 Å². The number of nitrogens with zero attached hydrogens (tertiary/aromatic N) is 1. The number of hydrogen-bond donors (Lipinski definition) is 1. The lowest BCUT2D eigenvalue weighted by atomic mass is 10.3. The highest BCUT2D eigenvalue weighted by atomic mass is 35.5. The molecule has 0 saturated carbocycles. The highest BCUT2D eigenvalue weighted by molar-refractivity contribution is 6.32. The van der Waals surface area contributed by atoms with Crippen LogP contribution in [0.4, 0.5) is 0 Å². The van der Waals surface area contributed by atoms with Crippen LogP contribution in [0.3, 0.4) is 0 Å². The van der Waals surface area contributed by atoms with Crippen LogP contribution in [-0.4, -0.2) is 17.5 Å². The molecule has 4 heteroatoms. The van der Waals surface area contributed by atoms with Gasteiger partial charge in [0.05, 0.1) is 12.2 Å². The predicted molar refractivity (Wildman–Crippen MR) is 47.7 cm³/mol. The molecule has 0 aromatic carbocycles. The van der Waals surface area contributed by atoms with E-state index in [9.17, 15) is 0 Å². The SMILES string of the molecule is CCOC(=N)c1cccnc1Cl. The molecule has 1 aromatic heterocycles. The Hall–Kier alpha value is -1.09. The number of rotatable bonds is 2. The minimum absolute atomic E-state index is 0.0654. The van der Waals surface area contributed by atoms with E-state index in [1.54, 1.807) is 18.3 Å². The van der Waals surface area contributed by atoms with Crippen molar-refractivity contribution in [3.63, 3.8) is 0 Å². The average molecular weight is 185 g/mol. The Morgan fingerprint density at radius 2 is 2.50 bits per heavy atom. The Bertz CT molecular complexity index is 288. The molecule has 12 heavy (non-hydrogen) atoms. The number of halogens is 1. The van der Waals surface area contributed by atoms with Crippen molar-refractivity contribution in [1.29, 1.82) is 5.41 Å². The van der Waals surface area contributed by atoms with Gasteiger partial charge in [-0.3, -0.25) is 5.41 Å². The first kappa shape index (κ1) is 9.00. The second kappa shape index (κ2) is 4.07. The first-order valence-corrected chi connectivity index (χ1v) is 3.95. The molecule has 3 nitrogen and oxygen atoms in total. The van der Waals surface area contributed by atoms with Crippen molar-refractivity contribution in [3.8, 4) is 0 Å². The third kappa shape index (κ3) is 1.95. The highest BCUT2D eigenvalue weighted by Gasteiger charge is 2.06. The topological polar surface area (TPSA) is 46.0 Å². The van der Waals surface area contributed by atoms with Crippen molar-refractivity contribution in [2.75, 3.05) is 6.61 Å². The number of ether oxygens (including phenoxy) is 1. The Morgan fingerprint density at radius 1 is 1.75 bits per heavy atom. The van der Waals surface area contributed by atoms with Crippen LogP contribution >= 0.6 is 11.6 Å². The lowest BCUT2D eigenvalue weighted by Gasteiger charge is -2.04. The van der Waals surface area contributed by atoms with E-state index in [4.69, 9.17) is 21.7 Å². The molecule has 0 fully saturated rings. The van der Waals surface area contributed by atoms with Gasteiger partial charge in [-0.25, -0.2) is 4.98 Å².